The molecule has 0 unspecified atom stereocenters. The molecule has 0 saturated heterocycles. The van der Waals surface area contributed by atoms with Gasteiger partial charge in [0.2, 0.25) is 5.75 Å². The molecule has 1 aromatic carbocycles. The van der Waals surface area contributed by atoms with E-state index >= 15 is 0 Å². The zero-order chi connectivity index (χ0) is 11.2. The lowest BCUT2D eigenvalue weighted by atomic mass is 10.2. The highest BCUT2D eigenvalue weighted by atomic mass is 19.3. The summed E-state index contributed by atoms with van der Waals surface area (Å²) in [6, 6.07) is 1.93. The molecule has 80 valence electrons. The number of fused-ring (bicyclic) bond motifs is 1. The van der Waals surface area contributed by atoms with E-state index in [1.165, 1.54) is 0 Å². The summed E-state index contributed by atoms with van der Waals surface area (Å²) in [6.45, 7) is 0. The number of carboxylic acids is 1. The molecule has 1 aliphatic heterocycles. The summed E-state index contributed by atoms with van der Waals surface area (Å²) in [5.41, 5.74) is -0.532. The first-order valence-electron chi connectivity index (χ1n) is 3.76. The first kappa shape index (κ1) is 9.50. The van der Waals surface area contributed by atoms with Crippen molar-refractivity contribution < 1.29 is 33.3 Å². The topological polar surface area (TPSA) is 76.0 Å². The second kappa shape index (κ2) is 2.72. The molecular formula is C8H4F2O5. The molecular weight excluding hydrogens is 214 g/mol. The minimum absolute atomic E-state index is 0.400. The maximum absolute atomic E-state index is 12.5. The Labute approximate surface area is 81.5 Å². The molecule has 2 rings (SSSR count). The third-order valence-electron chi connectivity index (χ3n) is 1.78. The summed E-state index contributed by atoms with van der Waals surface area (Å²) in [6.07, 6.45) is -3.88. The van der Waals surface area contributed by atoms with Gasteiger partial charge < -0.3 is 19.7 Å². The van der Waals surface area contributed by atoms with Gasteiger partial charge in [0, 0.05) is 0 Å². The Hall–Kier alpha value is -2.05. The number of rotatable bonds is 1. The molecule has 1 aliphatic rings. The predicted octanol–water partition coefficient (Wildman–Crippen LogP) is 1.41. The summed E-state index contributed by atoms with van der Waals surface area (Å²) >= 11 is 0. The number of phenols is 1. The molecule has 0 radical (unpaired) electrons. The van der Waals surface area contributed by atoms with Gasteiger partial charge >= 0.3 is 12.3 Å². The van der Waals surface area contributed by atoms with E-state index in [2.05, 4.69) is 9.47 Å². The zero-order valence-corrected chi connectivity index (χ0v) is 7.03. The Morgan fingerprint density at radius 1 is 1.33 bits per heavy atom. The monoisotopic (exact) mass is 218 g/mol. The molecule has 15 heavy (non-hydrogen) atoms. The van der Waals surface area contributed by atoms with Crippen molar-refractivity contribution in [1.82, 2.24) is 0 Å². The summed E-state index contributed by atoms with van der Waals surface area (Å²) in [5.74, 6) is -3.39. The van der Waals surface area contributed by atoms with Crippen molar-refractivity contribution in [3.05, 3.63) is 17.7 Å². The van der Waals surface area contributed by atoms with Gasteiger partial charge in [-0.2, -0.15) is 0 Å². The fourth-order valence-electron chi connectivity index (χ4n) is 1.17. The Balaban J connectivity index is 2.53. The molecule has 0 atom stereocenters. The predicted molar refractivity (Wildman–Crippen MR) is 41.3 cm³/mol. The van der Waals surface area contributed by atoms with E-state index in [0.29, 0.717) is 0 Å². The minimum atomic E-state index is -3.88. The van der Waals surface area contributed by atoms with E-state index in [-0.39, 0.29) is 0 Å². The Kier molecular flexibility index (Phi) is 1.72. The van der Waals surface area contributed by atoms with Crippen LogP contribution in [-0.4, -0.2) is 22.5 Å². The minimum Gasteiger partial charge on any atom is -0.504 e. The van der Waals surface area contributed by atoms with Gasteiger partial charge in [-0.15, -0.1) is 8.78 Å². The number of halogens is 2. The van der Waals surface area contributed by atoms with Crippen LogP contribution in [0.3, 0.4) is 0 Å². The Morgan fingerprint density at radius 3 is 2.60 bits per heavy atom. The van der Waals surface area contributed by atoms with Crippen molar-refractivity contribution in [1.29, 1.82) is 0 Å². The highest BCUT2D eigenvalue weighted by Crippen LogP contribution is 2.47. The average Bonchev–Trinajstić information content (AvgIpc) is 2.40. The molecule has 0 fully saturated rings. The van der Waals surface area contributed by atoms with Crippen LogP contribution in [0.25, 0.3) is 0 Å². The maximum atomic E-state index is 12.5. The van der Waals surface area contributed by atoms with Crippen LogP contribution in [0.15, 0.2) is 12.1 Å². The summed E-state index contributed by atoms with van der Waals surface area (Å²) < 4.78 is 33.0. The van der Waals surface area contributed by atoms with Crippen molar-refractivity contribution in [3.63, 3.8) is 0 Å². The number of ether oxygens (including phenoxy) is 2. The molecule has 1 aromatic rings. The molecule has 0 aliphatic carbocycles. The lowest BCUT2D eigenvalue weighted by Crippen LogP contribution is -2.26. The van der Waals surface area contributed by atoms with Crippen molar-refractivity contribution in [2.75, 3.05) is 0 Å². The van der Waals surface area contributed by atoms with Gasteiger partial charge in [-0.1, -0.05) is 0 Å². The van der Waals surface area contributed by atoms with Gasteiger partial charge in [-0.05, 0) is 12.1 Å². The van der Waals surface area contributed by atoms with Crippen molar-refractivity contribution in [2.24, 2.45) is 0 Å². The molecule has 2 N–H and O–H groups in total. The van der Waals surface area contributed by atoms with Gasteiger partial charge in [0.15, 0.2) is 11.5 Å². The number of benzene rings is 1. The number of carbonyl (C=O) groups is 1. The molecule has 5 nitrogen and oxygen atoms in total. The van der Waals surface area contributed by atoms with Crippen LogP contribution in [0, 0.1) is 0 Å². The van der Waals surface area contributed by atoms with Crippen molar-refractivity contribution in [3.8, 4) is 17.2 Å². The van der Waals surface area contributed by atoms with Gasteiger partial charge in [0.05, 0.1) is 0 Å². The van der Waals surface area contributed by atoms with Crippen LogP contribution in [0.1, 0.15) is 10.4 Å². The Morgan fingerprint density at radius 2 is 2.00 bits per heavy atom. The normalized spacial score (nSPS) is 16.4. The summed E-state index contributed by atoms with van der Waals surface area (Å²) in [4.78, 5) is 10.5. The lowest BCUT2D eigenvalue weighted by Gasteiger charge is -2.05. The van der Waals surface area contributed by atoms with Crippen molar-refractivity contribution >= 4 is 5.97 Å². The third kappa shape index (κ3) is 1.41. The molecule has 0 saturated carbocycles. The number of hydrogen-bond donors (Lipinski definition) is 2. The molecule has 0 spiro atoms. The second-order valence-electron chi connectivity index (χ2n) is 2.76. The van der Waals surface area contributed by atoms with E-state index in [4.69, 9.17) is 5.11 Å². The first-order valence-corrected chi connectivity index (χ1v) is 3.76. The summed E-state index contributed by atoms with van der Waals surface area (Å²) in [5, 5.41) is 17.9. The fraction of sp³-hybridized carbons (Fsp3) is 0.125. The molecule has 1 heterocycles. The SMILES string of the molecule is O=C(O)c1ccc2c(c1O)OC(F)(F)O2. The average molecular weight is 218 g/mol. The van der Waals surface area contributed by atoms with E-state index in [1.807, 2.05) is 0 Å². The highest BCUT2D eigenvalue weighted by Gasteiger charge is 2.45. The van der Waals surface area contributed by atoms with E-state index in [0.717, 1.165) is 12.1 Å². The lowest BCUT2D eigenvalue weighted by molar-refractivity contribution is -0.287. The van der Waals surface area contributed by atoms with Gasteiger partial charge in [-0.25, -0.2) is 4.79 Å². The Bertz CT molecular complexity index is 443. The quantitative estimate of drug-likeness (QED) is 0.745. The van der Waals surface area contributed by atoms with Crippen LogP contribution in [0.2, 0.25) is 0 Å². The van der Waals surface area contributed by atoms with Crippen LogP contribution in [0.4, 0.5) is 8.78 Å². The van der Waals surface area contributed by atoms with Crippen LogP contribution >= 0.6 is 0 Å². The van der Waals surface area contributed by atoms with Gasteiger partial charge in [-0.3, -0.25) is 0 Å². The largest absolute Gasteiger partial charge is 0.586 e. The molecule has 0 aromatic heterocycles. The highest BCUT2D eigenvalue weighted by molar-refractivity contribution is 5.92. The van der Waals surface area contributed by atoms with E-state index in [9.17, 15) is 18.7 Å². The summed E-state index contributed by atoms with van der Waals surface area (Å²) in [7, 11) is 0. The molecule has 0 bridgehead atoms. The van der Waals surface area contributed by atoms with Crippen LogP contribution < -0.4 is 9.47 Å². The molecule has 7 heteroatoms. The van der Waals surface area contributed by atoms with Gasteiger partial charge in [0.25, 0.3) is 0 Å². The second-order valence-corrected chi connectivity index (χ2v) is 2.76. The molecule has 0 amide bonds. The number of carboxylic acid groups (broad SMARTS) is 1. The van der Waals surface area contributed by atoms with Gasteiger partial charge in [0.1, 0.15) is 5.56 Å². The van der Waals surface area contributed by atoms with Crippen LogP contribution in [-0.2, 0) is 0 Å². The number of alkyl halides is 2. The number of aromatic carboxylic acids is 1. The van der Waals surface area contributed by atoms with Crippen LogP contribution in [0.5, 0.6) is 17.2 Å². The standard InChI is InChI=1S/C8H4F2O5/c9-8(10)14-4-2-1-3(7(12)13)5(11)6(4)15-8/h1-2,11H,(H,12,13). The van der Waals surface area contributed by atoms with E-state index in [1.54, 1.807) is 0 Å². The maximum Gasteiger partial charge on any atom is 0.586 e. The smallest absolute Gasteiger partial charge is 0.504 e. The van der Waals surface area contributed by atoms with Crippen molar-refractivity contribution in [2.45, 2.75) is 6.29 Å². The fourth-order valence-corrected chi connectivity index (χ4v) is 1.17. The zero-order valence-electron chi connectivity index (χ0n) is 7.03. The number of aromatic hydroxyl groups is 1. The van der Waals surface area contributed by atoms with E-state index < -0.39 is 35.1 Å². The number of hydrogen-bond acceptors (Lipinski definition) is 4. The third-order valence-corrected chi connectivity index (χ3v) is 1.78. The first-order chi connectivity index (χ1) is 6.91.